The molecule has 0 amide bonds. The summed E-state index contributed by atoms with van der Waals surface area (Å²) >= 11 is 0. The van der Waals surface area contributed by atoms with Gasteiger partial charge in [0.05, 0.1) is 17.6 Å². The van der Waals surface area contributed by atoms with Gasteiger partial charge in [0.1, 0.15) is 5.75 Å². The van der Waals surface area contributed by atoms with Crippen LogP contribution in [0.25, 0.3) is 16.7 Å². The van der Waals surface area contributed by atoms with Crippen molar-refractivity contribution in [2.75, 3.05) is 6.61 Å². The normalized spacial score (nSPS) is 11.4. The molecule has 0 aliphatic rings. The topological polar surface area (TPSA) is 36.2 Å². The molecule has 154 valence electrons. The summed E-state index contributed by atoms with van der Waals surface area (Å²) in [5.41, 5.74) is 6.26. The standard InChI is InChI=1S/C25H32N2O2/c1-17(2)21-11-7-8-12-24(21)29-14-10-9-13-26-22-15-19(5)20(6)16-23(22)27(18(3)4)25(26)28/h7-8,11-12,15-17H,3,9-10,13-14H2,1-2,4-6H3. The van der Waals surface area contributed by atoms with Crippen LogP contribution in [0.4, 0.5) is 0 Å². The number of nitrogens with zero attached hydrogens (tertiary/aromatic N) is 2. The van der Waals surface area contributed by atoms with Gasteiger partial charge in [0.15, 0.2) is 0 Å². The van der Waals surface area contributed by atoms with Gasteiger partial charge in [0, 0.05) is 12.2 Å². The summed E-state index contributed by atoms with van der Waals surface area (Å²) in [6, 6.07) is 12.4. The summed E-state index contributed by atoms with van der Waals surface area (Å²) < 4.78 is 9.62. The fraction of sp³-hybridized carbons (Fsp3) is 0.400. The first-order valence-corrected chi connectivity index (χ1v) is 10.4. The van der Waals surface area contributed by atoms with Crippen molar-refractivity contribution in [3.05, 3.63) is 70.2 Å². The van der Waals surface area contributed by atoms with Gasteiger partial charge in [-0.25, -0.2) is 4.79 Å². The Kier molecular flexibility index (Phi) is 6.31. The number of ether oxygens (including phenoxy) is 1. The lowest BCUT2D eigenvalue weighted by Gasteiger charge is -2.13. The van der Waals surface area contributed by atoms with Gasteiger partial charge in [0.25, 0.3) is 0 Å². The largest absolute Gasteiger partial charge is 0.493 e. The van der Waals surface area contributed by atoms with Crippen LogP contribution in [0.3, 0.4) is 0 Å². The molecule has 3 aromatic rings. The lowest BCUT2D eigenvalue weighted by molar-refractivity contribution is 0.299. The zero-order valence-electron chi connectivity index (χ0n) is 18.3. The molecule has 0 aliphatic carbocycles. The van der Waals surface area contributed by atoms with Gasteiger partial charge >= 0.3 is 5.69 Å². The van der Waals surface area contributed by atoms with Crippen molar-refractivity contribution >= 4 is 16.7 Å². The molecule has 29 heavy (non-hydrogen) atoms. The SMILES string of the molecule is C=C(C)n1c(=O)n(CCCCOc2ccccc2C(C)C)c2cc(C)c(C)cc21. The fourth-order valence-electron chi connectivity index (χ4n) is 3.74. The third-order valence-electron chi connectivity index (χ3n) is 5.50. The van der Waals surface area contributed by atoms with Gasteiger partial charge in [-0.05, 0) is 74.4 Å². The molecule has 0 aliphatic heterocycles. The molecule has 0 unspecified atom stereocenters. The number of unbranched alkanes of at least 4 members (excludes halogenated alkanes) is 1. The Balaban J connectivity index is 1.72. The average molecular weight is 393 g/mol. The molecule has 1 heterocycles. The Bertz CT molecular complexity index is 1090. The van der Waals surface area contributed by atoms with Crippen molar-refractivity contribution < 1.29 is 4.74 Å². The predicted octanol–water partition coefficient (Wildman–Crippen LogP) is 5.89. The minimum Gasteiger partial charge on any atom is -0.493 e. The second-order valence-electron chi connectivity index (χ2n) is 8.18. The van der Waals surface area contributed by atoms with Crippen molar-refractivity contribution in [1.82, 2.24) is 9.13 Å². The van der Waals surface area contributed by atoms with E-state index in [1.807, 2.05) is 23.6 Å². The quantitative estimate of drug-likeness (QED) is 0.448. The number of aryl methyl sites for hydroxylation is 3. The van der Waals surface area contributed by atoms with E-state index in [4.69, 9.17) is 4.74 Å². The van der Waals surface area contributed by atoms with E-state index in [9.17, 15) is 4.79 Å². The smallest absolute Gasteiger partial charge is 0.333 e. The van der Waals surface area contributed by atoms with Crippen molar-refractivity contribution in [2.45, 2.75) is 59.9 Å². The highest BCUT2D eigenvalue weighted by Crippen LogP contribution is 2.26. The van der Waals surface area contributed by atoms with Crippen LogP contribution < -0.4 is 10.4 Å². The molecule has 2 aromatic carbocycles. The molecular weight excluding hydrogens is 360 g/mol. The molecular formula is C25H32N2O2. The zero-order chi connectivity index (χ0) is 21.1. The van der Waals surface area contributed by atoms with Gasteiger partial charge in [0.2, 0.25) is 0 Å². The number of imidazole rings is 1. The van der Waals surface area contributed by atoms with Crippen LogP contribution in [-0.4, -0.2) is 15.7 Å². The van der Waals surface area contributed by atoms with E-state index in [-0.39, 0.29) is 5.69 Å². The maximum absolute atomic E-state index is 13.0. The van der Waals surface area contributed by atoms with Gasteiger partial charge < -0.3 is 4.74 Å². The zero-order valence-corrected chi connectivity index (χ0v) is 18.3. The molecule has 0 saturated carbocycles. The number of allylic oxidation sites excluding steroid dienone is 1. The summed E-state index contributed by atoms with van der Waals surface area (Å²) in [7, 11) is 0. The molecule has 0 radical (unpaired) electrons. The lowest BCUT2D eigenvalue weighted by Crippen LogP contribution is -2.23. The summed E-state index contributed by atoms with van der Waals surface area (Å²) in [6.07, 6.45) is 1.77. The van der Waals surface area contributed by atoms with Crippen LogP contribution in [0, 0.1) is 13.8 Å². The number of rotatable bonds is 8. The molecule has 3 rings (SSSR count). The molecule has 1 aromatic heterocycles. The Morgan fingerprint density at radius 1 is 1.07 bits per heavy atom. The fourth-order valence-corrected chi connectivity index (χ4v) is 3.74. The Hall–Kier alpha value is -2.75. The van der Waals surface area contributed by atoms with E-state index in [2.05, 4.69) is 58.5 Å². The number of benzene rings is 2. The first-order valence-electron chi connectivity index (χ1n) is 10.4. The van der Waals surface area contributed by atoms with Crippen LogP contribution in [-0.2, 0) is 6.54 Å². The Labute approximate surface area is 173 Å². The third kappa shape index (κ3) is 4.31. The molecule has 0 fully saturated rings. The summed E-state index contributed by atoms with van der Waals surface area (Å²) in [4.78, 5) is 13.0. The van der Waals surface area contributed by atoms with Crippen LogP contribution in [0.2, 0.25) is 0 Å². The lowest BCUT2D eigenvalue weighted by atomic mass is 10.0. The molecule has 4 heteroatoms. The number of para-hydroxylation sites is 1. The minimum absolute atomic E-state index is 0.0106. The first kappa shape index (κ1) is 21.0. The van der Waals surface area contributed by atoms with Crippen molar-refractivity contribution in [2.24, 2.45) is 0 Å². The molecule has 4 nitrogen and oxygen atoms in total. The maximum Gasteiger partial charge on any atom is 0.333 e. The number of fused-ring (bicyclic) bond motifs is 1. The number of aromatic nitrogens is 2. The van der Waals surface area contributed by atoms with Crippen molar-refractivity contribution in [3.63, 3.8) is 0 Å². The molecule has 0 saturated heterocycles. The summed E-state index contributed by atoms with van der Waals surface area (Å²) in [6.45, 7) is 15.7. The highest BCUT2D eigenvalue weighted by Gasteiger charge is 2.15. The van der Waals surface area contributed by atoms with Crippen LogP contribution >= 0.6 is 0 Å². The number of hydrogen-bond acceptors (Lipinski definition) is 2. The summed E-state index contributed by atoms with van der Waals surface area (Å²) in [5, 5.41) is 0. The monoisotopic (exact) mass is 392 g/mol. The molecule has 0 atom stereocenters. The van der Waals surface area contributed by atoms with Crippen LogP contribution in [0.15, 0.2) is 47.8 Å². The second-order valence-corrected chi connectivity index (χ2v) is 8.18. The highest BCUT2D eigenvalue weighted by molar-refractivity contribution is 5.81. The van der Waals surface area contributed by atoms with E-state index in [1.54, 1.807) is 4.57 Å². The van der Waals surface area contributed by atoms with E-state index in [0.29, 0.717) is 19.1 Å². The van der Waals surface area contributed by atoms with Crippen molar-refractivity contribution in [3.8, 4) is 5.75 Å². The molecule has 0 N–H and O–H groups in total. The van der Waals surface area contributed by atoms with Crippen LogP contribution in [0.1, 0.15) is 56.2 Å². The second kappa shape index (κ2) is 8.73. The maximum atomic E-state index is 13.0. The predicted molar refractivity (Wildman–Crippen MR) is 122 cm³/mol. The highest BCUT2D eigenvalue weighted by atomic mass is 16.5. The van der Waals surface area contributed by atoms with E-state index in [1.165, 1.54) is 16.7 Å². The van der Waals surface area contributed by atoms with Gasteiger partial charge in [-0.3, -0.25) is 9.13 Å². The Morgan fingerprint density at radius 3 is 2.38 bits per heavy atom. The summed E-state index contributed by atoms with van der Waals surface area (Å²) in [5.74, 6) is 1.40. The van der Waals surface area contributed by atoms with E-state index < -0.39 is 0 Å². The van der Waals surface area contributed by atoms with Crippen molar-refractivity contribution in [1.29, 1.82) is 0 Å². The molecule has 0 spiro atoms. The van der Waals surface area contributed by atoms with E-state index in [0.717, 1.165) is 35.3 Å². The average Bonchev–Trinajstić information content (AvgIpc) is 2.93. The molecule has 0 bridgehead atoms. The Morgan fingerprint density at radius 2 is 1.72 bits per heavy atom. The van der Waals surface area contributed by atoms with E-state index >= 15 is 0 Å². The van der Waals surface area contributed by atoms with Crippen LogP contribution in [0.5, 0.6) is 5.75 Å². The van der Waals surface area contributed by atoms with Gasteiger partial charge in [-0.1, -0.05) is 38.6 Å². The first-order chi connectivity index (χ1) is 13.8. The number of hydrogen-bond donors (Lipinski definition) is 0. The van der Waals surface area contributed by atoms with Gasteiger partial charge in [-0.15, -0.1) is 0 Å². The minimum atomic E-state index is -0.0106. The third-order valence-corrected chi connectivity index (χ3v) is 5.50. The van der Waals surface area contributed by atoms with Gasteiger partial charge in [-0.2, -0.15) is 0 Å².